The molecular formula is C18H18N2O. The van der Waals surface area contributed by atoms with Crippen molar-refractivity contribution in [3.63, 3.8) is 0 Å². The highest BCUT2D eigenvalue weighted by Gasteiger charge is 2.13. The van der Waals surface area contributed by atoms with Crippen molar-refractivity contribution in [3.05, 3.63) is 79.5 Å². The van der Waals surface area contributed by atoms with E-state index < -0.39 is 0 Å². The van der Waals surface area contributed by atoms with Crippen LogP contribution in [0.5, 0.6) is 0 Å². The van der Waals surface area contributed by atoms with Gasteiger partial charge in [-0.1, -0.05) is 30.4 Å². The highest BCUT2D eigenvalue weighted by Crippen LogP contribution is 2.17. The Morgan fingerprint density at radius 3 is 2.24 bits per heavy atom. The average Bonchev–Trinajstić information content (AvgIpc) is 2.55. The van der Waals surface area contributed by atoms with E-state index in [1.165, 1.54) is 0 Å². The Kier molecular flexibility index (Phi) is 5.04. The van der Waals surface area contributed by atoms with Gasteiger partial charge in [0, 0.05) is 30.4 Å². The molecule has 3 heteroatoms. The number of hydrogen-bond acceptors (Lipinski definition) is 2. The molecule has 0 aliphatic heterocycles. The van der Waals surface area contributed by atoms with Crippen molar-refractivity contribution in [2.75, 3.05) is 13.1 Å². The highest BCUT2D eigenvalue weighted by molar-refractivity contribution is 5.94. The predicted molar refractivity (Wildman–Crippen MR) is 86.0 cm³/mol. The SMILES string of the molecule is C=CCN(CC=C)C(=O)c1ccc(-c2ccccn2)cc1. The number of carbonyl (C=O) groups is 1. The largest absolute Gasteiger partial charge is 0.331 e. The molecule has 0 saturated carbocycles. The van der Waals surface area contributed by atoms with E-state index in [0.29, 0.717) is 18.7 Å². The summed E-state index contributed by atoms with van der Waals surface area (Å²) in [6.45, 7) is 8.37. The van der Waals surface area contributed by atoms with Gasteiger partial charge in [-0.2, -0.15) is 0 Å². The summed E-state index contributed by atoms with van der Waals surface area (Å²) < 4.78 is 0. The van der Waals surface area contributed by atoms with Crippen LogP contribution in [-0.4, -0.2) is 28.9 Å². The van der Waals surface area contributed by atoms with Gasteiger partial charge in [0.25, 0.3) is 5.91 Å². The summed E-state index contributed by atoms with van der Waals surface area (Å²) in [6.07, 6.45) is 5.18. The fraction of sp³-hybridized carbons (Fsp3) is 0.111. The van der Waals surface area contributed by atoms with Gasteiger partial charge in [0.05, 0.1) is 5.69 Å². The molecule has 21 heavy (non-hydrogen) atoms. The Balaban J connectivity index is 2.20. The topological polar surface area (TPSA) is 33.2 Å². The van der Waals surface area contributed by atoms with E-state index >= 15 is 0 Å². The van der Waals surface area contributed by atoms with Gasteiger partial charge >= 0.3 is 0 Å². The number of hydrogen-bond donors (Lipinski definition) is 0. The Morgan fingerprint density at radius 2 is 1.71 bits per heavy atom. The van der Waals surface area contributed by atoms with Gasteiger partial charge in [-0.25, -0.2) is 0 Å². The number of rotatable bonds is 6. The fourth-order valence-corrected chi connectivity index (χ4v) is 2.05. The first-order valence-electron chi connectivity index (χ1n) is 6.79. The van der Waals surface area contributed by atoms with Crippen molar-refractivity contribution in [1.82, 2.24) is 9.88 Å². The van der Waals surface area contributed by atoms with Crippen LogP contribution in [-0.2, 0) is 0 Å². The molecule has 0 bridgehead atoms. The molecule has 3 nitrogen and oxygen atoms in total. The van der Waals surface area contributed by atoms with Crippen LogP contribution in [0.3, 0.4) is 0 Å². The van der Waals surface area contributed by atoms with Crippen LogP contribution >= 0.6 is 0 Å². The lowest BCUT2D eigenvalue weighted by Crippen LogP contribution is -2.31. The average molecular weight is 278 g/mol. The molecular weight excluding hydrogens is 260 g/mol. The number of pyridine rings is 1. The quantitative estimate of drug-likeness (QED) is 0.757. The normalized spacial score (nSPS) is 9.90. The van der Waals surface area contributed by atoms with E-state index in [1.54, 1.807) is 23.2 Å². The standard InChI is InChI=1S/C18H18N2O/c1-3-13-20(14-4-2)18(21)16-10-8-15(9-11-16)17-7-5-6-12-19-17/h3-12H,1-2,13-14H2. The lowest BCUT2D eigenvalue weighted by molar-refractivity contribution is 0.0791. The number of amides is 1. The van der Waals surface area contributed by atoms with E-state index in [1.807, 2.05) is 42.5 Å². The lowest BCUT2D eigenvalue weighted by Gasteiger charge is -2.19. The van der Waals surface area contributed by atoms with Crippen molar-refractivity contribution < 1.29 is 4.79 Å². The Hall–Kier alpha value is -2.68. The Morgan fingerprint density at radius 1 is 1.05 bits per heavy atom. The summed E-state index contributed by atoms with van der Waals surface area (Å²) in [5.74, 6) is -0.0256. The number of nitrogens with zero attached hydrogens (tertiary/aromatic N) is 2. The molecule has 0 radical (unpaired) electrons. The zero-order valence-corrected chi connectivity index (χ0v) is 11.9. The third kappa shape index (κ3) is 3.66. The zero-order valence-electron chi connectivity index (χ0n) is 11.9. The molecule has 1 aromatic heterocycles. The van der Waals surface area contributed by atoms with Crippen LogP contribution in [0.2, 0.25) is 0 Å². The van der Waals surface area contributed by atoms with Crippen LogP contribution in [0.1, 0.15) is 10.4 Å². The van der Waals surface area contributed by atoms with Crippen molar-refractivity contribution in [2.24, 2.45) is 0 Å². The number of carbonyl (C=O) groups excluding carboxylic acids is 1. The summed E-state index contributed by atoms with van der Waals surface area (Å²) in [7, 11) is 0. The third-order valence-corrected chi connectivity index (χ3v) is 3.08. The number of aromatic nitrogens is 1. The van der Waals surface area contributed by atoms with Crippen molar-refractivity contribution in [3.8, 4) is 11.3 Å². The van der Waals surface area contributed by atoms with E-state index in [9.17, 15) is 4.79 Å². The van der Waals surface area contributed by atoms with Crippen LogP contribution < -0.4 is 0 Å². The first kappa shape index (κ1) is 14.7. The smallest absolute Gasteiger partial charge is 0.254 e. The molecule has 0 aliphatic carbocycles. The van der Waals surface area contributed by atoms with Gasteiger partial charge in [-0.15, -0.1) is 13.2 Å². The minimum Gasteiger partial charge on any atom is -0.331 e. The molecule has 0 unspecified atom stereocenters. The molecule has 2 rings (SSSR count). The van der Waals surface area contributed by atoms with Gasteiger partial charge in [-0.05, 0) is 24.3 Å². The van der Waals surface area contributed by atoms with Crippen LogP contribution in [0.25, 0.3) is 11.3 Å². The first-order chi connectivity index (χ1) is 10.3. The molecule has 1 amide bonds. The van der Waals surface area contributed by atoms with Crippen molar-refractivity contribution in [1.29, 1.82) is 0 Å². The molecule has 0 fully saturated rings. The summed E-state index contributed by atoms with van der Waals surface area (Å²) >= 11 is 0. The van der Waals surface area contributed by atoms with Gasteiger partial charge in [0.1, 0.15) is 0 Å². The summed E-state index contributed by atoms with van der Waals surface area (Å²) in [5, 5.41) is 0. The molecule has 2 aromatic rings. The zero-order chi connectivity index (χ0) is 15.1. The van der Waals surface area contributed by atoms with Crippen LogP contribution in [0.15, 0.2) is 74.0 Å². The van der Waals surface area contributed by atoms with E-state index in [0.717, 1.165) is 11.3 Å². The molecule has 106 valence electrons. The minimum atomic E-state index is -0.0256. The first-order valence-corrected chi connectivity index (χ1v) is 6.79. The van der Waals surface area contributed by atoms with E-state index in [-0.39, 0.29) is 5.91 Å². The second-order valence-electron chi connectivity index (χ2n) is 4.58. The van der Waals surface area contributed by atoms with Crippen molar-refractivity contribution >= 4 is 5.91 Å². The molecule has 0 spiro atoms. The number of benzene rings is 1. The predicted octanol–water partition coefficient (Wildman–Crippen LogP) is 3.56. The second kappa shape index (κ2) is 7.20. The fourth-order valence-electron chi connectivity index (χ4n) is 2.05. The summed E-state index contributed by atoms with van der Waals surface area (Å²) in [6, 6.07) is 13.2. The maximum atomic E-state index is 12.4. The van der Waals surface area contributed by atoms with Crippen LogP contribution in [0.4, 0.5) is 0 Å². The Bertz CT molecular complexity index is 607. The van der Waals surface area contributed by atoms with Gasteiger partial charge < -0.3 is 4.90 Å². The maximum absolute atomic E-state index is 12.4. The van der Waals surface area contributed by atoms with Gasteiger partial charge in [0.15, 0.2) is 0 Å². The third-order valence-electron chi connectivity index (χ3n) is 3.08. The highest BCUT2D eigenvalue weighted by atomic mass is 16.2. The molecule has 0 saturated heterocycles. The van der Waals surface area contributed by atoms with E-state index in [4.69, 9.17) is 0 Å². The molecule has 0 atom stereocenters. The maximum Gasteiger partial charge on any atom is 0.254 e. The molecule has 1 aromatic carbocycles. The van der Waals surface area contributed by atoms with Gasteiger partial charge in [0.2, 0.25) is 0 Å². The molecule has 0 N–H and O–H groups in total. The Labute approximate surface area is 125 Å². The van der Waals surface area contributed by atoms with E-state index in [2.05, 4.69) is 18.1 Å². The lowest BCUT2D eigenvalue weighted by atomic mass is 10.1. The monoisotopic (exact) mass is 278 g/mol. The van der Waals surface area contributed by atoms with Gasteiger partial charge in [-0.3, -0.25) is 9.78 Å². The molecule has 0 aliphatic rings. The van der Waals surface area contributed by atoms with Crippen LogP contribution in [0, 0.1) is 0 Å². The molecule has 1 heterocycles. The minimum absolute atomic E-state index is 0.0256. The van der Waals surface area contributed by atoms with Crippen molar-refractivity contribution in [2.45, 2.75) is 0 Å². The summed E-state index contributed by atoms with van der Waals surface area (Å²) in [5.41, 5.74) is 2.54. The summed E-state index contributed by atoms with van der Waals surface area (Å²) in [4.78, 5) is 18.4. The second-order valence-corrected chi connectivity index (χ2v) is 4.58.